The zero-order valence-electron chi connectivity index (χ0n) is 22.2. The lowest BCUT2D eigenvalue weighted by atomic mass is 10.0. The Morgan fingerprint density at radius 3 is 2.45 bits per heavy atom. The summed E-state index contributed by atoms with van der Waals surface area (Å²) in [5.41, 5.74) is 9.31. The van der Waals surface area contributed by atoms with E-state index in [1.165, 1.54) is 20.4 Å². The zero-order valence-corrected chi connectivity index (χ0v) is 23.0. The minimum Gasteiger partial charge on any atom is -0.480 e. The molecule has 2 aromatic carbocycles. The van der Waals surface area contributed by atoms with Crippen LogP contribution < -0.4 is 25.2 Å². The highest BCUT2D eigenvalue weighted by molar-refractivity contribution is 7.93. The average molecular weight is 563 g/mol. The smallest absolute Gasteiger partial charge is 0.319 e. The van der Waals surface area contributed by atoms with E-state index in [9.17, 15) is 13.2 Å². The molecule has 1 aliphatic rings. The molecule has 1 saturated carbocycles. The van der Waals surface area contributed by atoms with Gasteiger partial charge in [-0.3, -0.25) is 14.5 Å². The number of amides is 1. The number of rotatable bonds is 9. The van der Waals surface area contributed by atoms with Gasteiger partial charge in [0.05, 0.1) is 41.8 Å². The Labute approximate surface area is 232 Å². The second kappa shape index (κ2) is 11.3. The Morgan fingerprint density at radius 1 is 0.950 bits per heavy atom. The molecule has 1 aliphatic carbocycles. The highest BCUT2D eigenvalue weighted by Crippen LogP contribution is 2.38. The molecule has 5 rings (SSSR count). The van der Waals surface area contributed by atoms with Crippen molar-refractivity contribution >= 4 is 43.9 Å². The fourth-order valence-electron chi connectivity index (χ4n) is 4.87. The van der Waals surface area contributed by atoms with Gasteiger partial charge in [-0.25, -0.2) is 13.4 Å². The van der Waals surface area contributed by atoms with Crippen molar-refractivity contribution in [2.75, 3.05) is 24.3 Å². The largest absolute Gasteiger partial charge is 0.480 e. The first-order valence-electron chi connectivity index (χ1n) is 12.8. The van der Waals surface area contributed by atoms with Crippen LogP contribution in [-0.4, -0.2) is 48.7 Å². The number of sulfonamides is 1. The van der Waals surface area contributed by atoms with Gasteiger partial charge in [0.25, 0.3) is 0 Å². The number of hydrogen-bond acceptors (Lipinski definition) is 9. The van der Waals surface area contributed by atoms with Gasteiger partial charge in [-0.1, -0.05) is 25.3 Å². The van der Waals surface area contributed by atoms with Gasteiger partial charge < -0.3 is 20.5 Å². The molecule has 0 aliphatic heterocycles. The third-order valence-electron chi connectivity index (χ3n) is 6.90. The lowest BCUT2D eigenvalue weighted by Crippen LogP contribution is -2.29. The van der Waals surface area contributed by atoms with Crippen LogP contribution in [0.15, 0.2) is 54.9 Å². The molecule has 0 bridgehead atoms. The Balaban J connectivity index is 1.56. The number of primary amides is 1. The van der Waals surface area contributed by atoms with Gasteiger partial charge in [-0.15, -0.1) is 0 Å². The molecule has 2 heterocycles. The lowest BCUT2D eigenvalue weighted by molar-refractivity contribution is 0.1000. The third-order valence-corrected chi connectivity index (χ3v) is 8.76. The molecule has 208 valence electrons. The average Bonchev–Trinajstić information content (AvgIpc) is 2.96. The van der Waals surface area contributed by atoms with E-state index >= 15 is 0 Å². The van der Waals surface area contributed by atoms with Gasteiger partial charge in [0.1, 0.15) is 0 Å². The quantitative estimate of drug-likeness (QED) is 0.264. The predicted octanol–water partition coefficient (Wildman–Crippen LogP) is 4.63. The number of carbonyl (C=O) groups excluding carboxylic acids is 1. The second-order valence-electron chi connectivity index (χ2n) is 9.57. The Kier molecular flexibility index (Phi) is 7.69. The maximum Gasteiger partial charge on any atom is 0.319 e. The van der Waals surface area contributed by atoms with Crippen LogP contribution in [0.4, 0.5) is 17.1 Å². The lowest BCUT2D eigenvalue weighted by Gasteiger charge is -2.22. The SMILES string of the molecule is COc1ncc(-c2cc3ncc(C(N)=O)cc3cc2Nc2cccc(NS(=O)(=O)C3CCCCC3)c2)c(OC)n1. The maximum absolute atomic E-state index is 13.0. The van der Waals surface area contributed by atoms with Gasteiger partial charge in [0.15, 0.2) is 0 Å². The number of nitrogens with zero attached hydrogens (tertiary/aromatic N) is 3. The zero-order chi connectivity index (χ0) is 28.3. The van der Waals surface area contributed by atoms with Gasteiger partial charge in [0, 0.05) is 34.7 Å². The van der Waals surface area contributed by atoms with Crippen LogP contribution in [-0.2, 0) is 10.0 Å². The summed E-state index contributed by atoms with van der Waals surface area (Å²) < 4.78 is 39.4. The maximum atomic E-state index is 13.0. The van der Waals surface area contributed by atoms with Crippen LogP contribution in [0.2, 0.25) is 0 Å². The number of nitrogens with one attached hydrogen (secondary N) is 2. The standard InChI is InChI=1S/C28H30N6O5S/c1-38-27-23(16-31-28(33-27)39-2)22-14-24-17(11-18(15-30-24)26(29)35)12-25(22)32-19-7-6-8-20(13-19)34-40(36,37)21-9-4-3-5-10-21/h6-8,11-16,21,32,34H,3-5,9-10H2,1-2H3,(H2,29,35). The second-order valence-corrected chi connectivity index (χ2v) is 11.5. The van der Waals surface area contributed by atoms with Crippen molar-refractivity contribution in [1.82, 2.24) is 15.0 Å². The summed E-state index contributed by atoms with van der Waals surface area (Å²) in [6, 6.07) is 12.5. The summed E-state index contributed by atoms with van der Waals surface area (Å²) in [7, 11) is -0.545. The van der Waals surface area contributed by atoms with Crippen LogP contribution in [0.25, 0.3) is 22.0 Å². The molecule has 1 amide bonds. The fraction of sp³-hybridized carbons (Fsp3) is 0.286. The number of fused-ring (bicyclic) bond motifs is 1. The first kappa shape index (κ1) is 27.1. The van der Waals surface area contributed by atoms with E-state index in [1.54, 1.807) is 30.5 Å². The summed E-state index contributed by atoms with van der Waals surface area (Å²) in [5.74, 6) is -0.298. The normalized spacial score (nSPS) is 14.1. The van der Waals surface area contributed by atoms with Crippen LogP contribution in [0.1, 0.15) is 42.5 Å². The molecular weight excluding hydrogens is 532 g/mol. The van der Waals surface area contributed by atoms with Crippen molar-refractivity contribution < 1.29 is 22.7 Å². The minimum atomic E-state index is -3.51. The van der Waals surface area contributed by atoms with Crippen molar-refractivity contribution in [3.8, 4) is 23.0 Å². The van der Waals surface area contributed by atoms with E-state index in [0.717, 1.165) is 19.3 Å². The molecule has 4 N–H and O–H groups in total. The Hall–Kier alpha value is -4.45. The van der Waals surface area contributed by atoms with Crippen molar-refractivity contribution in [3.63, 3.8) is 0 Å². The molecule has 0 atom stereocenters. The number of nitrogens with two attached hydrogens (primary N) is 1. The molecule has 0 radical (unpaired) electrons. The molecule has 0 unspecified atom stereocenters. The minimum absolute atomic E-state index is 0.151. The number of pyridine rings is 1. The van der Waals surface area contributed by atoms with E-state index in [-0.39, 0.29) is 22.7 Å². The highest BCUT2D eigenvalue weighted by Gasteiger charge is 2.27. The molecule has 4 aromatic rings. The van der Waals surface area contributed by atoms with E-state index < -0.39 is 15.9 Å². The molecule has 2 aromatic heterocycles. The van der Waals surface area contributed by atoms with Crippen molar-refractivity contribution in [1.29, 1.82) is 0 Å². The highest BCUT2D eigenvalue weighted by atomic mass is 32.2. The van der Waals surface area contributed by atoms with Crippen molar-refractivity contribution in [2.45, 2.75) is 37.4 Å². The fourth-order valence-corrected chi connectivity index (χ4v) is 6.44. The van der Waals surface area contributed by atoms with E-state index in [1.807, 2.05) is 18.2 Å². The van der Waals surface area contributed by atoms with Gasteiger partial charge >= 0.3 is 6.01 Å². The Bertz CT molecular complexity index is 1670. The topological polar surface area (TPSA) is 158 Å². The third kappa shape index (κ3) is 5.76. The summed E-state index contributed by atoms with van der Waals surface area (Å²) >= 11 is 0. The monoisotopic (exact) mass is 562 g/mol. The number of methoxy groups -OCH3 is 2. The van der Waals surface area contributed by atoms with Crippen LogP contribution in [0.5, 0.6) is 11.9 Å². The van der Waals surface area contributed by atoms with Crippen LogP contribution >= 0.6 is 0 Å². The van der Waals surface area contributed by atoms with E-state index in [2.05, 4.69) is 25.0 Å². The summed E-state index contributed by atoms with van der Waals surface area (Å²) in [6.45, 7) is 0. The summed E-state index contributed by atoms with van der Waals surface area (Å²) in [4.78, 5) is 24.8. The summed E-state index contributed by atoms with van der Waals surface area (Å²) in [6.07, 6.45) is 7.25. The van der Waals surface area contributed by atoms with Crippen molar-refractivity contribution in [2.24, 2.45) is 5.73 Å². The first-order valence-corrected chi connectivity index (χ1v) is 14.4. The van der Waals surface area contributed by atoms with Gasteiger partial charge in [-0.05, 0) is 49.2 Å². The molecule has 1 fully saturated rings. The number of ether oxygens (including phenoxy) is 2. The molecule has 40 heavy (non-hydrogen) atoms. The van der Waals surface area contributed by atoms with Crippen LogP contribution in [0.3, 0.4) is 0 Å². The predicted molar refractivity (Wildman–Crippen MR) is 154 cm³/mol. The molecule has 0 spiro atoms. The number of anilines is 3. The number of benzene rings is 2. The molecule has 0 saturated heterocycles. The number of aromatic nitrogens is 3. The Morgan fingerprint density at radius 2 is 1.73 bits per heavy atom. The molecular formula is C28H30N6O5S. The summed E-state index contributed by atoms with van der Waals surface area (Å²) in [5, 5.41) is 3.66. The van der Waals surface area contributed by atoms with Gasteiger partial charge in [0.2, 0.25) is 21.8 Å². The van der Waals surface area contributed by atoms with E-state index in [4.69, 9.17) is 15.2 Å². The molecule has 11 nitrogen and oxygen atoms in total. The molecule has 12 heteroatoms. The van der Waals surface area contributed by atoms with Crippen LogP contribution in [0, 0.1) is 0 Å². The van der Waals surface area contributed by atoms with Crippen molar-refractivity contribution in [3.05, 3.63) is 60.4 Å². The van der Waals surface area contributed by atoms with E-state index in [0.29, 0.717) is 51.9 Å². The number of carbonyl (C=O) groups is 1. The number of hydrogen-bond donors (Lipinski definition) is 3. The first-order chi connectivity index (χ1) is 19.3. The van der Waals surface area contributed by atoms with Gasteiger partial charge in [-0.2, -0.15) is 4.98 Å².